The third kappa shape index (κ3) is 5.31. The van der Waals surface area contributed by atoms with Gasteiger partial charge in [-0.2, -0.15) is 10.1 Å². The van der Waals surface area contributed by atoms with E-state index >= 15 is 0 Å². The smallest absolute Gasteiger partial charge is 0.247 e. The summed E-state index contributed by atoms with van der Waals surface area (Å²) in [5.41, 5.74) is 3.03. The molecule has 0 unspecified atom stereocenters. The van der Waals surface area contributed by atoms with Gasteiger partial charge in [0.05, 0.1) is 6.20 Å². The molecule has 148 valence electrons. The SMILES string of the molecule is C1=C(CCNc2cnnc(N3CCC(Cc4ccccc4)CC3)n2)CCCC1. The van der Waals surface area contributed by atoms with Crippen LogP contribution in [0.15, 0.2) is 48.2 Å². The van der Waals surface area contributed by atoms with E-state index in [-0.39, 0.29) is 0 Å². The summed E-state index contributed by atoms with van der Waals surface area (Å²) >= 11 is 0. The molecule has 1 aromatic carbocycles. The molecule has 4 rings (SSSR count). The largest absolute Gasteiger partial charge is 0.368 e. The lowest BCUT2D eigenvalue weighted by atomic mass is 9.90. The van der Waals surface area contributed by atoms with Crippen LogP contribution in [0.3, 0.4) is 0 Å². The normalized spacial score (nSPS) is 18.0. The van der Waals surface area contributed by atoms with Crippen molar-refractivity contribution >= 4 is 11.8 Å². The second-order valence-corrected chi connectivity index (χ2v) is 8.05. The standard InChI is InChI=1S/C23H31N5/c1-3-7-19(8-4-1)11-14-24-22-18-25-27-23(26-22)28-15-12-21(13-16-28)17-20-9-5-2-6-10-20/h2,5-7,9-10,18,21H,1,3-4,8,11-17H2,(H,24,26,27). The zero-order chi connectivity index (χ0) is 19.0. The van der Waals surface area contributed by atoms with Crippen molar-refractivity contribution in [3.8, 4) is 0 Å². The molecule has 2 aromatic rings. The van der Waals surface area contributed by atoms with Gasteiger partial charge < -0.3 is 10.2 Å². The Kier molecular flexibility index (Phi) is 6.53. The Morgan fingerprint density at radius 2 is 1.93 bits per heavy atom. The Morgan fingerprint density at radius 3 is 2.71 bits per heavy atom. The average Bonchev–Trinajstić information content (AvgIpc) is 2.76. The molecule has 1 aliphatic heterocycles. The molecule has 0 bridgehead atoms. The monoisotopic (exact) mass is 377 g/mol. The molecule has 0 saturated carbocycles. The quantitative estimate of drug-likeness (QED) is 0.713. The number of nitrogens with one attached hydrogen (secondary N) is 1. The van der Waals surface area contributed by atoms with Crippen LogP contribution in [0.25, 0.3) is 0 Å². The van der Waals surface area contributed by atoms with Crippen molar-refractivity contribution in [3.05, 3.63) is 53.7 Å². The van der Waals surface area contributed by atoms with Gasteiger partial charge in [-0.15, -0.1) is 5.10 Å². The van der Waals surface area contributed by atoms with Crippen LogP contribution in [-0.2, 0) is 6.42 Å². The first-order valence-electron chi connectivity index (χ1n) is 10.8. The maximum Gasteiger partial charge on any atom is 0.247 e. The highest BCUT2D eigenvalue weighted by molar-refractivity contribution is 5.39. The van der Waals surface area contributed by atoms with Crippen LogP contribution in [-0.4, -0.2) is 34.8 Å². The topological polar surface area (TPSA) is 53.9 Å². The zero-order valence-corrected chi connectivity index (χ0v) is 16.7. The Bertz CT molecular complexity index is 766. The first-order chi connectivity index (χ1) is 13.9. The molecule has 0 spiro atoms. The summed E-state index contributed by atoms with van der Waals surface area (Å²) in [6, 6.07) is 10.8. The van der Waals surface area contributed by atoms with Gasteiger partial charge in [-0.1, -0.05) is 42.0 Å². The van der Waals surface area contributed by atoms with Crippen LogP contribution < -0.4 is 10.2 Å². The zero-order valence-electron chi connectivity index (χ0n) is 16.7. The average molecular weight is 378 g/mol. The summed E-state index contributed by atoms with van der Waals surface area (Å²) in [7, 11) is 0. The highest BCUT2D eigenvalue weighted by Gasteiger charge is 2.21. The summed E-state index contributed by atoms with van der Waals surface area (Å²) < 4.78 is 0. The van der Waals surface area contributed by atoms with Gasteiger partial charge in [-0.25, -0.2) is 0 Å². The molecule has 5 nitrogen and oxygen atoms in total. The molecule has 28 heavy (non-hydrogen) atoms. The van der Waals surface area contributed by atoms with Gasteiger partial charge in [0.15, 0.2) is 5.82 Å². The lowest BCUT2D eigenvalue weighted by Gasteiger charge is -2.31. The number of piperidine rings is 1. The van der Waals surface area contributed by atoms with Gasteiger partial charge in [0.25, 0.3) is 0 Å². The number of rotatable bonds is 7. The summed E-state index contributed by atoms with van der Waals surface area (Å²) in [5.74, 6) is 2.35. The van der Waals surface area contributed by atoms with Crippen LogP contribution in [0, 0.1) is 5.92 Å². The van der Waals surface area contributed by atoms with Gasteiger partial charge in [0, 0.05) is 19.6 Å². The van der Waals surface area contributed by atoms with Crippen molar-refractivity contribution < 1.29 is 0 Å². The highest BCUT2D eigenvalue weighted by Crippen LogP contribution is 2.24. The lowest BCUT2D eigenvalue weighted by molar-refractivity contribution is 0.400. The molecule has 5 heteroatoms. The van der Waals surface area contributed by atoms with Crippen LogP contribution in [0.1, 0.15) is 50.5 Å². The number of nitrogens with zero attached hydrogens (tertiary/aromatic N) is 4. The van der Waals surface area contributed by atoms with Crippen molar-refractivity contribution in [2.75, 3.05) is 29.9 Å². The van der Waals surface area contributed by atoms with Crippen LogP contribution in [0.2, 0.25) is 0 Å². The van der Waals surface area contributed by atoms with E-state index in [0.717, 1.165) is 43.7 Å². The van der Waals surface area contributed by atoms with E-state index in [1.807, 2.05) is 0 Å². The third-order valence-corrected chi connectivity index (χ3v) is 5.95. The summed E-state index contributed by atoms with van der Waals surface area (Å²) in [6.07, 6.45) is 14.0. The number of allylic oxidation sites excluding steroid dienone is 1. The molecule has 1 aromatic heterocycles. The second-order valence-electron chi connectivity index (χ2n) is 8.05. The molecule has 0 amide bonds. The fraction of sp³-hybridized carbons (Fsp3) is 0.522. The molecule has 1 fully saturated rings. The molecule has 2 aliphatic rings. The van der Waals surface area contributed by atoms with E-state index in [2.05, 4.69) is 56.8 Å². The maximum absolute atomic E-state index is 4.71. The Balaban J connectivity index is 1.25. The highest BCUT2D eigenvalue weighted by atomic mass is 15.3. The molecule has 0 atom stereocenters. The minimum Gasteiger partial charge on any atom is -0.368 e. The summed E-state index contributed by atoms with van der Waals surface area (Å²) in [5, 5.41) is 11.9. The molecule has 1 N–H and O–H groups in total. The van der Waals surface area contributed by atoms with Crippen LogP contribution in [0.4, 0.5) is 11.8 Å². The fourth-order valence-corrected chi connectivity index (χ4v) is 4.28. The Morgan fingerprint density at radius 1 is 1.07 bits per heavy atom. The van der Waals surface area contributed by atoms with Gasteiger partial charge >= 0.3 is 0 Å². The van der Waals surface area contributed by atoms with Crippen molar-refractivity contribution in [3.63, 3.8) is 0 Å². The van der Waals surface area contributed by atoms with Crippen molar-refractivity contribution in [2.24, 2.45) is 5.92 Å². The first-order valence-corrected chi connectivity index (χ1v) is 10.8. The van der Waals surface area contributed by atoms with E-state index in [4.69, 9.17) is 4.98 Å². The number of anilines is 2. The molecular weight excluding hydrogens is 346 g/mol. The molecular formula is C23H31N5. The van der Waals surface area contributed by atoms with E-state index in [1.54, 1.807) is 11.8 Å². The van der Waals surface area contributed by atoms with E-state index < -0.39 is 0 Å². The van der Waals surface area contributed by atoms with Crippen LogP contribution >= 0.6 is 0 Å². The van der Waals surface area contributed by atoms with Gasteiger partial charge in [0.1, 0.15) is 0 Å². The summed E-state index contributed by atoms with van der Waals surface area (Å²) in [6.45, 7) is 2.94. The predicted molar refractivity (Wildman–Crippen MR) is 115 cm³/mol. The van der Waals surface area contributed by atoms with Crippen molar-refractivity contribution in [1.29, 1.82) is 0 Å². The first kappa shape index (κ1) is 18.9. The minimum absolute atomic E-state index is 0.747. The number of benzene rings is 1. The Labute approximate surface area is 168 Å². The molecule has 2 heterocycles. The number of hydrogen-bond donors (Lipinski definition) is 1. The van der Waals surface area contributed by atoms with Crippen molar-refractivity contribution in [1.82, 2.24) is 15.2 Å². The second kappa shape index (κ2) is 9.67. The summed E-state index contributed by atoms with van der Waals surface area (Å²) in [4.78, 5) is 6.99. The maximum atomic E-state index is 4.71. The Hall–Kier alpha value is -2.43. The van der Waals surface area contributed by atoms with E-state index in [0.29, 0.717) is 0 Å². The van der Waals surface area contributed by atoms with Gasteiger partial charge in [0.2, 0.25) is 5.95 Å². The van der Waals surface area contributed by atoms with Crippen molar-refractivity contribution in [2.45, 2.75) is 51.4 Å². The fourth-order valence-electron chi connectivity index (χ4n) is 4.28. The van der Waals surface area contributed by atoms with E-state index in [1.165, 1.54) is 50.5 Å². The van der Waals surface area contributed by atoms with Gasteiger partial charge in [-0.3, -0.25) is 0 Å². The minimum atomic E-state index is 0.747. The lowest BCUT2D eigenvalue weighted by Crippen LogP contribution is -2.35. The molecule has 0 radical (unpaired) electrons. The number of hydrogen-bond acceptors (Lipinski definition) is 5. The van der Waals surface area contributed by atoms with Gasteiger partial charge in [-0.05, 0) is 62.8 Å². The molecule has 1 saturated heterocycles. The van der Waals surface area contributed by atoms with E-state index in [9.17, 15) is 0 Å². The number of aromatic nitrogens is 3. The third-order valence-electron chi connectivity index (χ3n) is 5.95. The molecule has 1 aliphatic carbocycles. The van der Waals surface area contributed by atoms with Crippen LogP contribution in [0.5, 0.6) is 0 Å². The predicted octanol–water partition coefficient (Wildman–Crippen LogP) is 4.63.